The minimum absolute atomic E-state index is 0.00687. The second-order valence-electron chi connectivity index (χ2n) is 18.6. The smallest absolute Gasteiger partial charge is 0.325 e. The first-order valence-electron chi connectivity index (χ1n) is 24.8. The Kier molecular flexibility index (Phi) is 30.1. The van der Waals surface area contributed by atoms with Gasteiger partial charge in [0.15, 0.2) is 6.04 Å². The standard InChI is InChI=1S/C46H78N10O18S/c1-8-26(5)16-14-12-10-11-13-15-17-28(60)18-35(61)48-34(24-75(71,72)73)43(67)55-38-27(6)74-36(62)20-56(7)46(70)33(23-59)53-42(66)32(22-58)51-44(68)37(25(3)4)54-39(63)29(9-2)49-40(64)30(19-47)50-41(65)31(21-57)52-45(38)69/h9,25-27,30-34,37-38,57-59H,8,10-24,47H2,1-7H3,(H,48,61)(H,49,64)(H,50,65)(H,51,68)(H,52,69)(H,53,66)(H,54,63)(H,55,67)(H,71,72,73)/p+1/b29-9-/t26?,27-,30+,31+,32+,33+,34+,37+,38+/m1/s1. The molecule has 0 aromatic heterocycles. The molecule has 1 fully saturated rings. The third-order valence-corrected chi connectivity index (χ3v) is 12.7. The van der Waals surface area contributed by atoms with E-state index in [1.165, 1.54) is 20.8 Å². The van der Waals surface area contributed by atoms with Gasteiger partial charge in [0.05, 0.1) is 26.2 Å². The molecule has 0 aliphatic carbocycles. The average Bonchev–Trinajstić information content (AvgIpc) is 3.34. The van der Waals surface area contributed by atoms with Gasteiger partial charge in [0, 0.05) is 13.5 Å². The van der Waals surface area contributed by atoms with Crippen LogP contribution in [0.2, 0.25) is 0 Å². The topological polar surface area (TPSA) is 439 Å². The zero-order chi connectivity index (χ0) is 57.2. The van der Waals surface area contributed by atoms with Crippen molar-refractivity contribution in [2.75, 3.05) is 45.7 Å². The summed E-state index contributed by atoms with van der Waals surface area (Å²) >= 11 is 0. The molecule has 15 N–H and O–H groups in total. The van der Waals surface area contributed by atoms with E-state index >= 15 is 0 Å². The number of unbranched alkanes of at least 4 members (excludes halogenated alkanes) is 5. The molecule has 1 saturated heterocycles. The molecule has 28 nitrogen and oxygen atoms in total. The predicted molar refractivity (Wildman–Crippen MR) is 265 cm³/mol. The molecule has 1 unspecified atom stereocenters. The van der Waals surface area contributed by atoms with Crippen LogP contribution in [0.1, 0.15) is 106 Å². The van der Waals surface area contributed by atoms with Crippen molar-refractivity contribution in [1.29, 1.82) is 0 Å². The van der Waals surface area contributed by atoms with Gasteiger partial charge in [-0.3, -0.25) is 57.3 Å². The lowest BCUT2D eigenvalue weighted by Gasteiger charge is -2.29. The maximum absolute atomic E-state index is 14.0. The fourth-order valence-corrected chi connectivity index (χ4v) is 7.93. The number of Topliss-reactive ketones (excluding diaryl/α,β-unsaturated/α-hetero) is 1. The number of rotatable bonds is 22. The molecule has 9 atom stereocenters. The minimum atomic E-state index is -5.10. The molecular formula is C46H79N10O18S+. The van der Waals surface area contributed by atoms with Gasteiger partial charge in [-0.05, 0) is 32.1 Å². The number of allylic oxidation sites excluding steroid dienone is 1. The van der Waals surface area contributed by atoms with E-state index in [1.807, 2.05) is 5.32 Å². The summed E-state index contributed by atoms with van der Waals surface area (Å²) in [6.45, 7) is 4.95. The number of quaternary nitrogens is 1. The number of nitrogens with zero attached hydrogens (tertiary/aromatic N) is 1. The van der Waals surface area contributed by atoms with E-state index in [-0.39, 0.29) is 6.42 Å². The van der Waals surface area contributed by atoms with E-state index in [4.69, 9.17) is 4.74 Å². The van der Waals surface area contributed by atoms with Gasteiger partial charge in [0.2, 0.25) is 41.4 Å². The number of hydrogen-bond acceptors (Lipinski definition) is 17. The SMILES string of the molecule is C/C=C1\NC(=O)[C@H](C[NH3+])NC(=O)[C@H](CO)NC(=O)[C@@H](NC(=O)[C@H](CS(=O)(=O)O)NC(=O)CC(=O)CCCCCCCCC(C)CC)[C@@H](C)OC(=O)CN(C)C(=O)[C@H](CO)NC(=O)[C@H](CO)NC(=O)[C@H](C(C)C)NC1=O. The highest BCUT2D eigenvalue weighted by Crippen LogP contribution is 2.15. The van der Waals surface area contributed by atoms with E-state index < -0.39 is 180 Å². The number of ether oxygens (including phenoxy) is 1. The van der Waals surface area contributed by atoms with Crippen LogP contribution in [0.3, 0.4) is 0 Å². The number of amides is 9. The van der Waals surface area contributed by atoms with Gasteiger partial charge in [-0.1, -0.05) is 78.7 Å². The van der Waals surface area contributed by atoms with Crippen LogP contribution in [0.25, 0.3) is 0 Å². The zero-order valence-electron chi connectivity index (χ0n) is 43.7. The number of ketones is 1. The number of cyclic esters (lactones) is 1. The molecule has 9 amide bonds. The largest absolute Gasteiger partial charge is 0.459 e. The van der Waals surface area contributed by atoms with Gasteiger partial charge in [-0.15, -0.1) is 0 Å². The number of esters is 1. The molecule has 0 aromatic carbocycles. The van der Waals surface area contributed by atoms with Crippen LogP contribution < -0.4 is 48.3 Å². The lowest BCUT2D eigenvalue weighted by Crippen LogP contribution is -2.67. The number of aliphatic hydroxyl groups excluding tert-OH is 3. The summed E-state index contributed by atoms with van der Waals surface area (Å²) < 4.78 is 39.3. The molecule has 1 aliphatic heterocycles. The zero-order valence-corrected chi connectivity index (χ0v) is 44.5. The van der Waals surface area contributed by atoms with Crippen LogP contribution in [-0.2, 0) is 67.6 Å². The summed E-state index contributed by atoms with van der Waals surface area (Å²) in [6.07, 6.45) is 5.84. The normalized spacial score (nSPS) is 24.0. The molecule has 0 spiro atoms. The Morgan fingerprint density at radius 3 is 1.84 bits per heavy atom. The van der Waals surface area contributed by atoms with Crippen LogP contribution in [0.5, 0.6) is 0 Å². The Labute approximate surface area is 436 Å². The molecule has 0 saturated carbocycles. The van der Waals surface area contributed by atoms with Gasteiger partial charge in [-0.2, -0.15) is 8.42 Å². The van der Waals surface area contributed by atoms with Crippen molar-refractivity contribution in [2.24, 2.45) is 11.8 Å². The van der Waals surface area contributed by atoms with E-state index in [0.29, 0.717) is 23.7 Å². The summed E-state index contributed by atoms with van der Waals surface area (Å²) in [7, 11) is -4.08. The molecule has 0 bridgehead atoms. The van der Waals surface area contributed by atoms with Crippen molar-refractivity contribution in [1.82, 2.24) is 47.4 Å². The third kappa shape index (κ3) is 24.4. The molecule has 75 heavy (non-hydrogen) atoms. The number of aliphatic hydroxyl groups is 3. The summed E-state index contributed by atoms with van der Waals surface area (Å²) in [5.41, 5.74) is 3.15. The molecule has 1 aliphatic rings. The van der Waals surface area contributed by atoms with Gasteiger partial charge in [0.25, 0.3) is 21.9 Å². The van der Waals surface area contributed by atoms with Crippen LogP contribution in [0.4, 0.5) is 0 Å². The lowest BCUT2D eigenvalue weighted by molar-refractivity contribution is -0.370. The van der Waals surface area contributed by atoms with Gasteiger partial charge >= 0.3 is 5.97 Å². The highest BCUT2D eigenvalue weighted by molar-refractivity contribution is 7.85. The Hall–Kier alpha value is -6.14. The number of likely N-dealkylation sites (N-methyl/N-ethyl adjacent to an activating group) is 1. The first-order chi connectivity index (χ1) is 35.2. The Morgan fingerprint density at radius 2 is 1.32 bits per heavy atom. The predicted octanol–water partition coefficient (Wildman–Crippen LogP) is -5.31. The maximum Gasteiger partial charge on any atom is 0.325 e. The highest BCUT2D eigenvalue weighted by atomic mass is 32.2. The van der Waals surface area contributed by atoms with Crippen molar-refractivity contribution in [3.63, 3.8) is 0 Å². The van der Waals surface area contributed by atoms with E-state index in [1.54, 1.807) is 0 Å². The molecule has 0 aromatic rings. The van der Waals surface area contributed by atoms with Crippen LogP contribution in [0, 0.1) is 11.8 Å². The third-order valence-electron chi connectivity index (χ3n) is 12.0. The van der Waals surface area contributed by atoms with Crippen molar-refractivity contribution >= 4 is 75.0 Å². The molecule has 29 heteroatoms. The highest BCUT2D eigenvalue weighted by Gasteiger charge is 2.38. The van der Waals surface area contributed by atoms with Crippen LogP contribution in [-0.4, -0.2) is 192 Å². The fourth-order valence-electron chi connectivity index (χ4n) is 7.28. The second kappa shape index (κ2) is 33.7. The van der Waals surface area contributed by atoms with E-state index in [0.717, 1.165) is 58.6 Å². The number of carbonyl (C=O) groups is 11. The number of carbonyl (C=O) groups excluding carboxylic acids is 11. The van der Waals surface area contributed by atoms with Gasteiger partial charge < -0.3 is 73.2 Å². The van der Waals surface area contributed by atoms with Crippen molar-refractivity contribution in [3.8, 4) is 0 Å². The molecule has 1 rings (SSSR count). The first kappa shape index (κ1) is 66.9. The maximum atomic E-state index is 14.0. The van der Waals surface area contributed by atoms with Crippen LogP contribution >= 0.6 is 0 Å². The molecule has 426 valence electrons. The summed E-state index contributed by atoms with van der Waals surface area (Å²) in [4.78, 5) is 148. The van der Waals surface area contributed by atoms with Crippen molar-refractivity contribution in [3.05, 3.63) is 11.8 Å². The minimum Gasteiger partial charge on any atom is -0.459 e. The Bertz CT molecular complexity index is 2140. The molecule has 1 heterocycles. The summed E-state index contributed by atoms with van der Waals surface area (Å²) in [6, 6.07) is -13.0. The summed E-state index contributed by atoms with van der Waals surface area (Å²) in [5.74, 6) is -14.2. The lowest BCUT2D eigenvalue weighted by atomic mass is 9.99. The quantitative estimate of drug-likeness (QED) is 0.0158. The number of hydrogen-bond donors (Lipinski definition) is 13. The van der Waals surface area contributed by atoms with Gasteiger partial charge in [0.1, 0.15) is 72.7 Å². The average molecular weight is 1090 g/mol. The Morgan fingerprint density at radius 1 is 0.787 bits per heavy atom. The molecular weight excluding hydrogens is 1010 g/mol. The van der Waals surface area contributed by atoms with Crippen LogP contribution in [0.15, 0.2) is 11.8 Å². The Balaban J connectivity index is 3.62. The van der Waals surface area contributed by atoms with Crippen molar-refractivity contribution < 1.29 is 91.5 Å². The van der Waals surface area contributed by atoms with Gasteiger partial charge in [-0.25, -0.2) is 0 Å². The monoisotopic (exact) mass is 1090 g/mol. The van der Waals surface area contributed by atoms with Crippen molar-refractivity contribution in [2.45, 2.75) is 154 Å². The molecule has 0 radical (unpaired) electrons. The fraction of sp³-hybridized carbons (Fsp3) is 0.717. The van der Waals surface area contributed by atoms with E-state index in [2.05, 4.69) is 56.8 Å². The number of nitrogens with one attached hydrogen (secondary N) is 8. The second-order valence-corrected chi connectivity index (χ2v) is 20.1. The first-order valence-corrected chi connectivity index (χ1v) is 26.4. The van der Waals surface area contributed by atoms with E-state index in [9.17, 15) is 81.0 Å². The summed E-state index contributed by atoms with van der Waals surface area (Å²) in [5, 5.41) is 47.8.